The van der Waals surface area contributed by atoms with E-state index >= 15 is 0 Å². The number of aryl methyl sites for hydroxylation is 1. The quantitative estimate of drug-likeness (QED) is 0.409. The predicted octanol–water partition coefficient (Wildman–Crippen LogP) is 5.21. The van der Waals surface area contributed by atoms with Crippen molar-refractivity contribution in [1.82, 2.24) is 0 Å². The maximum absolute atomic E-state index is 13.1. The summed E-state index contributed by atoms with van der Waals surface area (Å²) in [7, 11) is -1.98. The molecule has 22 heavy (non-hydrogen) atoms. The van der Waals surface area contributed by atoms with Crippen LogP contribution in [0.15, 0.2) is 18.2 Å². The van der Waals surface area contributed by atoms with Crippen LogP contribution in [0.1, 0.15) is 45.1 Å². The molecule has 126 valence electrons. The van der Waals surface area contributed by atoms with Gasteiger partial charge in [-0.2, -0.15) is 0 Å². The Morgan fingerprint density at radius 2 is 1.55 bits per heavy atom. The van der Waals surface area contributed by atoms with E-state index in [1.807, 2.05) is 13.8 Å². The normalized spacial score (nSPS) is 11.9. The molecule has 1 rings (SSSR count). The zero-order chi connectivity index (χ0) is 16.4. The standard InChI is InChI=1S/C17H28F2O2Si/c1-4-20-22(3,21-5-2)13-9-7-6-8-10-15-11-12-16(18)17(19)14-15/h11-12,14H,4-10,13H2,1-3H3. The summed E-state index contributed by atoms with van der Waals surface area (Å²) in [6.07, 6.45) is 5.09. The van der Waals surface area contributed by atoms with E-state index in [1.54, 1.807) is 6.07 Å². The highest BCUT2D eigenvalue weighted by Crippen LogP contribution is 2.19. The smallest absolute Gasteiger partial charge is 0.334 e. The molecule has 0 spiro atoms. The molecule has 5 heteroatoms. The highest BCUT2D eigenvalue weighted by atomic mass is 28.4. The van der Waals surface area contributed by atoms with Crippen LogP contribution in [0.2, 0.25) is 12.6 Å². The van der Waals surface area contributed by atoms with Gasteiger partial charge in [-0.15, -0.1) is 0 Å². The second-order valence-electron chi connectivity index (χ2n) is 5.66. The zero-order valence-electron chi connectivity index (χ0n) is 14.0. The van der Waals surface area contributed by atoms with Gasteiger partial charge in [0.1, 0.15) is 0 Å². The van der Waals surface area contributed by atoms with Crippen LogP contribution in [0.5, 0.6) is 0 Å². The molecule has 0 heterocycles. The summed E-state index contributed by atoms with van der Waals surface area (Å²) in [5.41, 5.74) is 0.863. The lowest BCUT2D eigenvalue weighted by atomic mass is 10.1. The van der Waals surface area contributed by atoms with Crippen molar-refractivity contribution in [2.24, 2.45) is 0 Å². The van der Waals surface area contributed by atoms with E-state index in [0.717, 1.165) is 43.7 Å². The van der Waals surface area contributed by atoms with Crippen molar-refractivity contribution in [3.05, 3.63) is 35.4 Å². The van der Waals surface area contributed by atoms with Crippen molar-refractivity contribution in [2.75, 3.05) is 13.2 Å². The number of halogens is 2. The van der Waals surface area contributed by atoms with E-state index in [0.29, 0.717) is 13.2 Å². The van der Waals surface area contributed by atoms with Gasteiger partial charge in [0.25, 0.3) is 0 Å². The van der Waals surface area contributed by atoms with Crippen LogP contribution in [0, 0.1) is 11.6 Å². The molecule has 0 fully saturated rings. The fourth-order valence-electron chi connectivity index (χ4n) is 2.62. The third kappa shape index (κ3) is 6.98. The Bertz CT molecular complexity index is 435. The largest absolute Gasteiger partial charge is 0.395 e. The van der Waals surface area contributed by atoms with Crippen molar-refractivity contribution in [2.45, 2.75) is 58.5 Å². The molecule has 0 aliphatic rings. The Labute approximate surface area is 134 Å². The third-order valence-electron chi connectivity index (χ3n) is 3.73. The average Bonchev–Trinajstić information content (AvgIpc) is 2.47. The second kappa shape index (κ2) is 10.1. The zero-order valence-corrected chi connectivity index (χ0v) is 15.0. The molecular formula is C17H28F2O2Si. The van der Waals surface area contributed by atoms with E-state index in [2.05, 4.69) is 6.55 Å². The number of hydrogen-bond acceptors (Lipinski definition) is 2. The first-order valence-electron chi connectivity index (χ1n) is 8.22. The first kappa shape index (κ1) is 19.3. The molecule has 0 atom stereocenters. The minimum atomic E-state index is -1.98. The van der Waals surface area contributed by atoms with E-state index in [1.165, 1.54) is 12.1 Å². The Kier molecular flexibility index (Phi) is 8.83. The van der Waals surface area contributed by atoms with Crippen LogP contribution >= 0.6 is 0 Å². The van der Waals surface area contributed by atoms with Gasteiger partial charge in [-0.1, -0.05) is 25.3 Å². The second-order valence-corrected chi connectivity index (χ2v) is 9.01. The Morgan fingerprint density at radius 3 is 2.14 bits per heavy atom. The Hall–Kier alpha value is -0.783. The van der Waals surface area contributed by atoms with Crippen LogP contribution in [0.3, 0.4) is 0 Å². The molecule has 2 nitrogen and oxygen atoms in total. The molecule has 0 saturated heterocycles. The summed E-state index contributed by atoms with van der Waals surface area (Å²) in [6, 6.07) is 5.17. The summed E-state index contributed by atoms with van der Waals surface area (Å²) in [5.74, 6) is -1.53. The molecule has 0 bridgehead atoms. The average molecular weight is 330 g/mol. The van der Waals surface area contributed by atoms with E-state index in [4.69, 9.17) is 8.85 Å². The molecule has 0 aliphatic heterocycles. The van der Waals surface area contributed by atoms with Gasteiger partial charge in [0.2, 0.25) is 0 Å². The minimum Gasteiger partial charge on any atom is -0.395 e. The highest BCUT2D eigenvalue weighted by Gasteiger charge is 2.29. The van der Waals surface area contributed by atoms with Crippen LogP contribution in [0.4, 0.5) is 8.78 Å². The maximum atomic E-state index is 13.1. The van der Waals surface area contributed by atoms with Gasteiger partial charge in [-0.3, -0.25) is 0 Å². The van der Waals surface area contributed by atoms with Gasteiger partial charge in [-0.25, -0.2) is 8.78 Å². The molecule has 0 unspecified atom stereocenters. The summed E-state index contributed by atoms with van der Waals surface area (Å²) in [6.45, 7) is 7.55. The molecule has 1 aromatic rings. The molecule has 0 aliphatic carbocycles. The predicted molar refractivity (Wildman–Crippen MR) is 88.2 cm³/mol. The minimum absolute atomic E-state index is 0.707. The highest BCUT2D eigenvalue weighted by molar-refractivity contribution is 6.66. The molecule has 0 aromatic heterocycles. The van der Waals surface area contributed by atoms with Gasteiger partial charge in [-0.05, 0) is 57.0 Å². The first-order valence-corrected chi connectivity index (χ1v) is 10.7. The topological polar surface area (TPSA) is 18.5 Å². The van der Waals surface area contributed by atoms with Gasteiger partial charge in [0, 0.05) is 13.2 Å². The van der Waals surface area contributed by atoms with Crippen molar-refractivity contribution in [3.8, 4) is 0 Å². The summed E-state index contributed by atoms with van der Waals surface area (Å²) >= 11 is 0. The van der Waals surface area contributed by atoms with Gasteiger partial charge >= 0.3 is 8.56 Å². The third-order valence-corrected chi connectivity index (χ3v) is 6.79. The lowest BCUT2D eigenvalue weighted by Gasteiger charge is -2.25. The fraction of sp³-hybridized carbons (Fsp3) is 0.647. The van der Waals surface area contributed by atoms with Crippen molar-refractivity contribution >= 4 is 8.56 Å². The molecule has 0 saturated carbocycles. The molecule has 0 radical (unpaired) electrons. The van der Waals surface area contributed by atoms with Crippen LogP contribution in [-0.4, -0.2) is 21.8 Å². The number of hydrogen-bond donors (Lipinski definition) is 0. The SMILES string of the molecule is CCO[Si](C)(CCCCCCc1ccc(F)c(F)c1)OCC. The lowest BCUT2D eigenvalue weighted by molar-refractivity contribution is 0.188. The van der Waals surface area contributed by atoms with Gasteiger partial charge in [0.05, 0.1) is 0 Å². The van der Waals surface area contributed by atoms with Gasteiger partial charge in [0.15, 0.2) is 11.6 Å². The monoisotopic (exact) mass is 330 g/mol. The van der Waals surface area contributed by atoms with Crippen LogP contribution < -0.4 is 0 Å². The van der Waals surface area contributed by atoms with E-state index in [-0.39, 0.29) is 0 Å². The molecule has 1 aromatic carbocycles. The van der Waals surface area contributed by atoms with Gasteiger partial charge < -0.3 is 8.85 Å². The van der Waals surface area contributed by atoms with Crippen molar-refractivity contribution < 1.29 is 17.6 Å². The molecule has 0 N–H and O–H groups in total. The molecule has 0 amide bonds. The van der Waals surface area contributed by atoms with E-state index in [9.17, 15) is 8.78 Å². The van der Waals surface area contributed by atoms with Crippen LogP contribution in [-0.2, 0) is 15.3 Å². The lowest BCUT2D eigenvalue weighted by Crippen LogP contribution is -2.38. The number of benzene rings is 1. The molecular weight excluding hydrogens is 302 g/mol. The Morgan fingerprint density at radius 1 is 0.909 bits per heavy atom. The number of unbranched alkanes of at least 4 members (excludes halogenated alkanes) is 3. The number of rotatable bonds is 11. The van der Waals surface area contributed by atoms with Crippen molar-refractivity contribution in [1.29, 1.82) is 0 Å². The summed E-state index contributed by atoms with van der Waals surface area (Å²) in [5, 5.41) is 0. The Balaban J connectivity index is 2.20. The summed E-state index contributed by atoms with van der Waals surface area (Å²) < 4.78 is 37.5. The maximum Gasteiger partial charge on any atom is 0.334 e. The summed E-state index contributed by atoms with van der Waals surface area (Å²) in [4.78, 5) is 0. The van der Waals surface area contributed by atoms with Crippen molar-refractivity contribution in [3.63, 3.8) is 0 Å². The fourth-order valence-corrected chi connectivity index (χ4v) is 5.11. The van der Waals surface area contributed by atoms with E-state index < -0.39 is 20.2 Å². The first-order chi connectivity index (χ1) is 10.5. The van der Waals surface area contributed by atoms with Crippen LogP contribution in [0.25, 0.3) is 0 Å².